The lowest BCUT2D eigenvalue weighted by Crippen LogP contribution is -2.41. The molecule has 2 heterocycles. The molecule has 1 aliphatic rings. The van der Waals surface area contributed by atoms with E-state index in [9.17, 15) is 4.79 Å². The first kappa shape index (κ1) is 23.0. The maximum absolute atomic E-state index is 14.2. The molecule has 0 radical (unpaired) electrons. The Morgan fingerprint density at radius 1 is 0.829 bits per heavy atom. The van der Waals surface area contributed by atoms with E-state index in [1.165, 1.54) is 5.56 Å². The van der Waals surface area contributed by atoms with Gasteiger partial charge in [-0.3, -0.25) is 14.3 Å². The molecule has 176 valence electrons. The van der Waals surface area contributed by atoms with Crippen LogP contribution in [0.5, 0.6) is 0 Å². The molecule has 3 aromatic carbocycles. The van der Waals surface area contributed by atoms with Crippen molar-refractivity contribution >= 4 is 0 Å². The molecule has 0 amide bonds. The molecule has 4 aromatic rings. The number of aromatic nitrogens is 2. The van der Waals surface area contributed by atoms with Gasteiger partial charge in [0.25, 0.3) is 5.56 Å². The summed E-state index contributed by atoms with van der Waals surface area (Å²) < 4.78 is 1.89. The summed E-state index contributed by atoms with van der Waals surface area (Å²) in [6.45, 7) is 5.46. The Balaban J connectivity index is 1.60. The Kier molecular flexibility index (Phi) is 6.73. The van der Waals surface area contributed by atoms with E-state index in [4.69, 9.17) is 4.98 Å². The molecule has 0 bridgehead atoms. The summed E-state index contributed by atoms with van der Waals surface area (Å²) >= 11 is 0. The lowest BCUT2D eigenvalue weighted by Gasteiger charge is -2.34. The first-order chi connectivity index (χ1) is 17.2. The summed E-state index contributed by atoms with van der Waals surface area (Å²) in [5, 5.41) is 0. The quantitative estimate of drug-likeness (QED) is 0.337. The smallest absolute Gasteiger partial charge is 0.259 e. The van der Waals surface area contributed by atoms with Gasteiger partial charge in [-0.05, 0) is 30.5 Å². The van der Waals surface area contributed by atoms with E-state index >= 15 is 0 Å². The number of nitrogens with zero attached hydrogens (tertiary/aromatic N) is 3. The van der Waals surface area contributed by atoms with Crippen LogP contribution in [0.4, 0.5) is 0 Å². The number of rotatable bonds is 6. The standard InChI is InChI=1S/C31H31N3O/c1-3-13-29(24-14-7-4-8-15-24)33-21-20-28-27(22-33)31(35)34(23(2)32-28)30(25-16-9-5-10-17-25)26-18-11-6-12-19-26/h3-19,29-30H,20-22H2,1-2H3. The maximum atomic E-state index is 14.2. The third-order valence-corrected chi connectivity index (χ3v) is 6.87. The fourth-order valence-electron chi connectivity index (χ4n) is 5.21. The van der Waals surface area contributed by atoms with Crippen LogP contribution in [0.3, 0.4) is 0 Å². The van der Waals surface area contributed by atoms with E-state index in [0.717, 1.165) is 41.2 Å². The number of benzene rings is 3. The van der Waals surface area contributed by atoms with Crippen molar-refractivity contribution in [2.75, 3.05) is 6.54 Å². The van der Waals surface area contributed by atoms with Crippen LogP contribution >= 0.6 is 0 Å². The predicted molar refractivity (Wildman–Crippen MR) is 141 cm³/mol. The summed E-state index contributed by atoms with van der Waals surface area (Å²) in [4.78, 5) is 21.5. The van der Waals surface area contributed by atoms with Crippen molar-refractivity contribution in [3.63, 3.8) is 0 Å². The van der Waals surface area contributed by atoms with Crippen LogP contribution in [0.1, 0.15) is 52.8 Å². The highest BCUT2D eigenvalue weighted by atomic mass is 16.1. The first-order valence-electron chi connectivity index (χ1n) is 12.3. The number of hydrogen-bond donors (Lipinski definition) is 0. The Morgan fingerprint density at radius 3 is 1.91 bits per heavy atom. The molecule has 1 aliphatic heterocycles. The van der Waals surface area contributed by atoms with Crippen molar-refractivity contribution in [2.24, 2.45) is 0 Å². The van der Waals surface area contributed by atoms with Crippen molar-refractivity contribution in [3.8, 4) is 0 Å². The summed E-state index contributed by atoms with van der Waals surface area (Å²) in [6, 6.07) is 30.9. The molecule has 1 unspecified atom stereocenters. The van der Waals surface area contributed by atoms with Crippen molar-refractivity contribution in [1.29, 1.82) is 0 Å². The van der Waals surface area contributed by atoms with Crippen LogP contribution in [-0.2, 0) is 13.0 Å². The van der Waals surface area contributed by atoms with Crippen molar-refractivity contribution in [1.82, 2.24) is 14.5 Å². The molecule has 5 rings (SSSR count). The molecule has 1 aromatic heterocycles. The van der Waals surface area contributed by atoms with Gasteiger partial charge in [-0.1, -0.05) is 103 Å². The normalized spacial score (nSPS) is 14.8. The minimum Gasteiger partial charge on any atom is -0.288 e. The van der Waals surface area contributed by atoms with E-state index in [-0.39, 0.29) is 17.6 Å². The van der Waals surface area contributed by atoms with Crippen molar-refractivity contribution in [2.45, 2.75) is 38.9 Å². The molecule has 0 N–H and O–H groups in total. The van der Waals surface area contributed by atoms with Crippen LogP contribution in [0, 0.1) is 6.92 Å². The Hall–Kier alpha value is -3.76. The van der Waals surface area contributed by atoms with E-state index in [0.29, 0.717) is 6.54 Å². The average molecular weight is 462 g/mol. The van der Waals surface area contributed by atoms with Gasteiger partial charge in [-0.2, -0.15) is 0 Å². The van der Waals surface area contributed by atoms with E-state index in [1.807, 2.05) is 54.0 Å². The van der Waals surface area contributed by atoms with Gasteiger partial charge in [0.2, 0.25) is 0 Å². The van der Waals surface area contributed by atoms with Gasteiger partial charge in [0.15, 0.2) is 0 Å². The lowest BCUT2D eigenvalue weighted by molar-refractivity contribution is 0.207. The van der Waals surface area contributed by atoms with E-state index < -0.39 is 0 Å². The number of hydrogen-bond acceptors (Lipinski definition) is 3. The van der Waals surface area contributed by atoms with Gasteiger partial charge in [0, 0.05) is 19.5 Å². The molecular formula is C31H31N3O. The minimum absolute atomic E-state index is 0.0576. The molecule has 0 saturated heterocycles. The van der Waals surface area contributed by atoms with Crippen LogP contribution in [0.2, 0.25) is 0 Å². The third-order valence-electron chi connectivity index (χ3n) is 6.87. The van der Waals surface area contributed by atoms with Crippen molar-refractivity contribution < 1.29 is 0 Å². The van der Waals surface area contributed by atoms with Crippen LogP contribution < -0.4 is 5.56 Å². The fourth-order valence-corrected chi connectivity index (χ4v) is 5.21. The minimum atomic E-state index is -0.224. The van der Waals surface area contributed by atoms with E-state index in [2.05, 4.69) is 72.5 Å². The molecule has 0 spiro atoms. The van der Waals surface area contributed by atoms with Gasteiger partial charge in [-0.15, -0.1) is 0 Å². The summed E-state index contributed by atoms with van der Waals surface area (Å²) in [5.74, 6) is 0.757. The molecule has 35 heavy (non-hydrogen) atoms. The number of allylic oxidation sites excluding steroid dienone is 1. The summed E-state index contributed by atoms with van der Waals surface area (Å²) in [5.41, 5.74) is 5.20. The molecule has 0 fully saturated rings. The molecular weight excluding hydrogens is 430 g/mol. The monoisotopic (exact) mass is 461 g/mol. The van der Waals surface area contributed by atoms with E-state index in [1.54, 1.807) is 0 Å². The van der Waals surface area contributed by atoms with Gasteiger partial charge >= 0.3 is 0 Å². The first-order valence-corrected chi connectivity index (χ1v) is 12.3. The highest BCUT2D eigenvalue weighted by Crippen LogP contribution is 2.30. The second-order valence-corrected chi connectivity index (χ2v) is 9.09. The summed E-state index contributed by atoms with van der Waals surface area (Å²) in [6.07, 6.45) is 5.09. The molecule has 4 nitrogen and oxygen atoms in total. The van der Waals surface area contributed by atoms with Crippen LogP contribution in [0.25, 0.3) is 0 Å². The maximum Gasteiger partial charge on any atom is 0.259 e. The van der Waals surface area contributed by atoms with Crippen LogP contribution in [-0.4, -0.2) is 21.0 Å². The third kappa shape index (κ3) is 4.62. The second-order valence-electron chi connectivity index (χ2n) is 9.09. The largest absolute Gasteiger partial charge is 0.288 e. The Morgan fingerprint density at radius 2 is 1.37 bits per heavy atom. The number of fused-ring (bicyclic) bond motifs is 1. The highest BCUT2D eigenvalue weighted by Gasteiger charge is 2.29. The average Bonchev–Trinajstić information content (AvgIpc) is 2.91. The molecule has 1 atom stereocenters. The van der Waals surface area contributed by atoms with Gasteiger partial charge in [0.1, 0.15) is 5.82 Å². The SMILES string of the molecule is CC=CC(c1ccccc1)N1CCc2nc(C)n(C(c3ccccc3)c3ccccc3)c(=O)c2C1. The highest BCUT2D eigenvalue weighted by molar-refractivity contribution is 5.35. The van der Waals surface area contributed by atoms with Crippen LogP contribution in [0.15, 0.2) is 108 Å². The fraction of sp³-hybridized carbons (Fsp3) is 0.226. The van der Waals surface area contributed by atoms with Crippen molar-refractivity contribution in [3.05, 3.63) is 147 Å². The lowest BCUT2D eigenvalue weighted by atomic mass is 9.96. The van der Waals surface area contributed by atoms with Gasteiger partial charge in [0.05, 0.1) is 23.3 Å². The summed E-state index contributed by atoms with van der Waals surface area (Å²) in [7, 11) is 0. The number of aryl methyl sites for hydroxylation is 1. The zero-order chi connectivity index (χ0) is 24.2. The molecule has 0 saturated carbocycles. The zero-order valence-corrected chi connectivity index (χ0v) is 20.3. The molecule has 0 aliphatic carbocycles. The predicted octanol–water partition coefficient (Wildman–Crippen LogP) is 5.86. The molecule has 4 heteroatoms. The Labute approximate surface area is 207 Å². The van der Waals surface area contributed by atoms with Gasteiger partial charge < -0.3 is 0 Å². The van der Waals surface area contributed by atoms with Gasteiger partial charge in [-0.25, -0.2) is 4.98 Å². The topological polar surface area (TPSA) is 38.1 Å². The zero-order valence-electron chi connectivity index (χ0n) is 20.3. The second kappa shape index (κ2) is 10.2. The Bertz CT molecular complexity index is 1320.